The summed E-state index contributed by atoms with van der Waals surface area (Å²) in [6, 6.07) is 9.49. The fraction of sp³-hybridized carbons (Fsp3) is 0.467. The lowest BCUT2D eigenvalue weighted by molar-refractivity contribution is -0.134. The first-order chi connectivity index (χ1) is 9.20. The van der Waals surface area contributed by atoms with Gasteiger partial charge in [0.25, 0.3) is 0 Å². The van der Waals surface area contributed by atoms with E-state index in [0.29, 0.717) is 19.5 Å². The second kappa shape index (κ2) is 6.36. The molecule has 19 heavy (non-hydrogen) atoms. The average Bonchev–Trinajstić information content (AvgIpc) is 2.47. The molecule has 1 heterocycles. The zero-order valence-electron chi connectivity index (χ0n) is 11.3. The summed E-state index contributed by atoms with van der Waals surface area (Å²) >= 11 is 0. The number of para-hydroxylation sites is 1. The van der Waals surface area contributed by atoms with Gasteiger partial charge < -0.3 is 10.2 Å². The third-order valence-electron chi connectivity index (χ3n) is 3.56. The van der Waals surface area contributed by atoms with Crippen LogP contribution in [0.25, 0.3) is 0 Å². The highest BCUT2D eigenvalue weighted by molar-refractivity contribution is 5.92. The highest BCUT2D eigenvalue weighted by Gasteiger charge is 2.26. The van der Waals surface area contributed by atoms with Crippen LogP contribution >= 0.6 is 0 Å². The predicted octanol–water partition coefficient (Wildman–Crippen LogP) is 2.27. The molecular weight excluding hydrogens is 240 g/mol. The number of amides is 2. The Morgan fingerprint density at radius 2 is 1.84 bits per heavy atom. The van der Waals surface area contributed by atoms with Crippen LogP contribution in [0.4, 0.5) is 5.69 Å². The van der Waals surface area contributed by atoms with E-state index in [0.717, 1.165) is 18.5 Å². The number of anilines is 1. The van der Waals surface area contributed by atoms with Gasteiger partial charge in [-0.3, -0.25) is 9.59 Å². The van der Waals surface area contributed by atoms with Crippen molar-refractivity contribution < 1.29 is 9.59 Å². The van der Waals surface area contributed by atoms with Crippen LogP contribution in [0.3, 0.4) is 0 Å². The van der Waals surface area contributed by atoms with Crippen molar-refractivity contribution in [2.75, 3.05) is 18.4 Å². The Balaban J connectivity index is 1.84. The number of benzene rings is 1. The fourth-order valence-electron chi connectivity index (χ4n) is 2.38. The van der Waals surface area contributed by atoms with E-state index < -0.39 is 0 Å². The summed E-state index contributed by atoms with van der Waals surface area (Å²) in [6.45, 7) is 3.26. The molecule has 1 saturated heterocycles. The summed E-state index contributed by atoms with van der Waals surface area (Å²) in [6.07, 6.45) is 2.05. The van der Waals surface area contributed by atoms with Crippen LogP contribution in [0.5, 0.6) is 0 Å². The van der Waals surface area contributed by atoms with Crippen molar-refractivity contribution in [1.82, 2.24) is 4.90 Å². The minimum Gasteiger partial charge on any atom is -0.343 e. The Morgan fingerprint density at radius 3 is 2.42 bits per heavy atom. The number of likely N-dealkylation sites (tertiary alicyclic amines) is 1. The maximum Gasteiger partial charge on any atom is 0.227 e. The number of hydrogen-bond donors (Lipinski definition) is 1. The van der Waals surface area contributed by atoms with Gasteiger partial charge >= 0.3 is 0 Å². The number of nitrogens with zero attached hydrogens (tertiary/aromatic N) is 1. The van der Waals surface area contributed by atoms with Gasteiger partial charge in [0.15, 0.2) is 0 Å². The van der Waals surface area contributed by atoms with Crippen molar-refractivity contribution in [1.29, 1.82) is 0 Å². The van der Waals surface area contributed by atoms with Crippen LogP contribution in [0.15, 0.2) is 30.3 Å². The van der Waals surface area contributed by atoms with Gasteiger partial charge in [-0.2, -0.15) is 0 Å². The molecule has 1 aliphatic rings. The molecular formula is C15H20N2O2. The maximum absolute atomic E-state index is 12.1. The largest absolute Gasteiger partial charge is 0.343 e. The molecule has 0 aromatic heterocycles. The van der Waals surface area contributed by atoms with Crippen LogP contribution in [0.1, 0.15) is 26.2 Å². The van der Waals surface area contributed by atoms with E-state index in [9.17, 15) is 9.59 Å². The van der Waals surface area contributed by atoms with Crippen molar-refractivity contribution in [3.63, 3.8) is 0 Å². The van der Waals surface area contributed by atoms with Gasteiger partial charge in [-0.1, -0.05) is 25.1 Å². The van der Waals surface area contributed by atoms with Gasteiger partial charge in [0.05, 0.1) is 0 Å². The Labute approximate surface area is 113 Å². The molecule has 2 amide bonds. The third kappa shape index (κ3) is 3.56. The van der Waals surface area contributed by atoms with Crippen LogP contribution in [0, 0.1) is 5.92 Å². The SMILES string of the molecule is CCC(=O)N1CCC(C(=O)Nc2ccccc2)CC1. The number of hydrogen-bond acceptors (Lipinski definition) is 2. The molecule has 1 N–H and O–H groups in total. The van der Waals surface area contributed by atoms with Gasteiger partial charge in [0.1, 0.15) is 0 Å². The van der Waals surface area contributed by atoms with Crippen LogP contribution in [-0.2, 0) is 9.59 Å². The predicted molar refractivity (Wildman–Crippen MR) is 74.7 cm³/mol. The normalized spacial score (nSPS) is 16.2. The van der Waals surface area contributed by atoms with Crippen molar-refractivity contribution in [3.8, 4) is 0 Å². The Kier molecular flexibility index (Phi) is 4.55. The Morgan fingerprint density at radius 1 is 1.21 bits per heavy atom. The highest BCUT2D eigenvalue weighted by Crippen LogP contribution is 2.19. The smallest absolute Gasteiger partial charge is 0.227 e. The van der Waals surface area contributed by atoms with E-state index in [4.69, 9.17) is 0 Å². The van der Waals surface area contributed by atoms with Crippen molar-refractivity contribution in [2.45, 2.75) is 26.2 Å². The lowest BCUT2D eigenvalue weighted by atomic mass is 9.95. The van der Waals surface area contributed by atoms with Gasteiger partial charge in [0, 0.05) is 31.1 Å². The van der Waals surface area contributed by atoms with E-state index in [1.165, 1.54) is 0 Å². The summed E-state index contributed by atoms with van der Waals surface area (Å²) in [7, 11) is 0. The summed E-state index contributed by atoms with van der Waals surface area (Å²) < 4.78 is 0. The quantitative estimate of drug-likeness (QED) is 0.906. The minimum absolute atomic E-state index is 0.0149. The van der Waals surface area contributed by atoms with E-state index in [-0.39, 0.29) is 17.7 Å². The molecule has 0 radical (unpaired) electrons. The van der Waals surface area contributed by atoms with Crippen molar-refractivity contribution >= 4 is 17.5 Å². The molecule has 1 fully saturated rings. The van der Waals surface area contributed by atoms with Crippen LogP contribution < -0.4 is 5.32 Å². The first-order valence-electron chi connectivity index (χ1n) is 6.84. The molecule has 1 aliphatic heterocycles. The maximum atomic E-state index is 12.1. The summed E-state index contributed by atoms with van der Waals surface area (Å²) in [4.78, 5) is 25.5. The zero-order chi connectivity index (χ0) is 13.7. The van der Waals surface area contributed by atoms with E-state index in [1.807, 2.05) is 42.2 Å². The first-order valence-corrected chi connectivity index (χ1v) is 6.84. The molecule has 4 nitrogen and oxygen atoms in total. The zero-order valence-corrected chi connectivity index (χ0v) is 11.3. The van der Waals surface area contributed by atoms with E-state index >= 15 is 0 Å². The molecule has 0 atom stereocenters. The number of rotatable bonds is 3. The molecule has 1 aromatic carbocycles. The molecule has 0 aliphatic carbocycles. The molecule has 0 unspecified atom stereocenters. The van der Waals surface area contributed by atoms with Crippen LogP contribution in [-0.4, -0.2) is 29.8 Å². The second-order valence-corrected chi connectivity index (χ2v) is 4.86. The van der Waals surface area contributed by atoms with Crippen molar-refractivity contribution in [2.24, 2.45) is 5.92 Å². The van der Waals surface area contributed by atoms with Gasteiger partial charge in [-0.25, -0.2) is 0 Å². The topological polar surface area (TPSA) is 49.4 Å². The van der Waals surface area contributed by atoms with Crippen molar-refractivity contribution in [3.05, 3.63) is 30.3 Å². The Hall–Kier alpha value is -1.84. The molecule has 102 valence electrons. The molecule has 2 rings (SSSR count). The second-order valence-electron chi connectivity index (χ2n) is 4.86. The third-order valence-corrected chi connectivity index (χ3v) is 3.56. The van der Waals surface area contributed by atoms with E-state index in [1.54, 1.807) is 0 Å². The molecule has 0 saturated carbocycles. The van der Waals surface area contributed by atoms with Crippen LogP contribution in [0.2, 0.25) is 0 Å². The van der Waals surface area contributed by atoms with Gasteiger partial charge in [0.2, 0.25) is 11.8 Å². The number of nitrogens with one attached hydrogen (secondary N) is 1. The van der Waals surface area contributed by atoms with Gasteiger partial charge in [-0.15, -0.1) is 0 Å². The molecule has 1 aromatic rings. The summed E-state index contributed by atoms with van der Waals surface area (Å²) in [5.41, 5.74) is 0.833. The standard InChI is InChI=1S/C15H20N2O2/c1-2-14(18)17-10-8-12(9-11-17)15(19)16-13-6-4-3-5-7-13/h3-7,12H,2,8-11H2,1H3,(H,16,19). The molecule has 0 spiro atoms. The lowest BCUT2D eigenvalue weighted by Gasteiger charge is -2.31. The molecule has 0 bridgehead atoms. The number of piperidine rings is 1. The van der Waals surface area contributed by atoms with E-state index in [2.05, 4.69) is 5.32 Å². The highest BCUT2D eigenvalue weighted by atomic mass is 16.2. The summed E-state index contributed by atoms with van der Waals surface area (Å²) in [5, 5.41) is 2.93. The Bertz CT molecular complexity index is 437. The minimum atomic E-state index is 0.0149. The lowest BCUT2D eigenvalue weighted by Crippen LogP contribution is -2.41. The fourth-order valence-corrected chi connectivity index (χ4v) is 2.38. The number of carbonyl (C=O) groups is 2. The number of carbonyl (C=O) groups excluding carboxylic acids is 2. The monoisotopic (exact) mass is 260 g/mol. The molecule has 4 heteroatoms. The average molecular weight is 260 g/mol. The first kappa shape index (κ1) is 13.6. The van der Waals surface area contributed by atoms with Gasteiger partial charge in [-0.05, 0) is 25.0 Å². The summed E-state index contributed by atoms with van der Waals surface area (Å²) in [5.74, 6) is 0.262.